The van der Waals surface area contributed by atoms with Crippen molar-refractivity contribution in [3.63, 3.8) is 0 Å². The number of halogens is 2. The van der Waals surface area contributed by atoms with Crippen molar-refractivity contribution >= 4 is 44.7 Å². The van der Waals surface area contributed by atoms with Gasteiger partial charge in [0.15, 0.2) is 5.78 Å². The average molecular weight is 445 g/mol. The van der Waals surface area contributed by atoms with Crippen LogP contribution in [-0.4, -0.2) is 23.9 Å². The van der Waals surface area contributed by atoms with Crippen molar-refractivity contribution in [1.82, 2.24) is 0 Å². The Bertz CT molecular complexity index is 1150. The number of carbonyl (C=O) groups excluding carboxylic acids is 1. The van der Waals surface area contributed by atoms with Gasteiger partial charge in [0, 0.05) is 5.56 Å². The van der Waals surface area contributed by atoms with Crippen LogP contribution in [0.15, 0.2) is 76.2 Å². The van der Waals surface area contributed by atoms with Gasteiger partial charge in [0.1, 0.15) is 15.9 Å². The van der Waals surface area contributed by atoms with E-state index >= 15 is 0 Å². The molecule has 0 radical (unpaired) electrons. The summed E-state index contributed by atoms with van der Waals surface area (Å²) < 4.78 is 35.3. The Kier molecular flexibility index (Phi) is 7.33. The third kappa shape index (κ3) is 4.78. The quantitative estimate of drug-likeness (QED) is 0.563. The summed E-state index contributed by atoms with van der Waals surface area (Å²) in [6.45, 7) is 0. The minimum atomic E-state index is -4.78. The summed E-state index contributed by atoms with van der Waals surface area (Å²) in [6, 6.07) is 9.97. The molecule has 0 amide bonds. The molecule has 2 aromatic rings. The van der Waals surface area contributed by atoms with Crippen LogP contribution in [0.2, 0.25) is 5.02 Å². The van der Waals surface area contributed by atoms with E-state index in [0.29, 0.717) is 16.7 Å². The van der Waals surface area contributed by atoms with Crippen LogP contribution in [0, 0.1) is 0 Å². The fraction of sp³-hybridized carbons (Fsp3) is 0. The van der Waals surface area contributed by atoms with Gasteiger partial charge in [-0.15, -0.1) is 0 Å². The van der Waals surface area contributed by atoms with Gasteiger partial charge in [-0.1, -0.05) is 53.5 Å². The topological polar surface area (TPSA) is 94.5 Å². The van der Waals surface area contributed by atoms with Gasteiger partial charge >= 0.3 is 29.6 Å². The molecular formula is C19H11Cl2NaO5S. The van der Waals surface area contributed by atoms with Crippen molar-refractivity contribution in [2.24, 2.45) is 0 Å². The maximum Gasteiger partial charge on any atom is 1.00 e. The molecular weight excluding hydrogens is 434 g/mol. The van der Waals surface area contributed by atoms with Gasteiger partial charge in [-0.25, -0.2) is 8.42 Å². The maximum atomic E-state index is 11.8. The number of ketones is 1. The Hall–Kier alpha value is -1.38. The maximum absolute atomic E-state index is 11.8. The largest absolute Gasteiger partial charge is 1.00 e. The van der Waals surface area contributed by atoms with Crippen LogP contribution in [0.25, 0.3) is 5.57 Å². The van der Waals surface area contributed by atoms with Crippen LogP contribution in [0.4, 0.5) is 0 Å². The molecule has 1 aliphatic carbocycles. The molecule has 0 unspecified atom stereocenters. The van der Waals surface area contributed by atoms with Crippen molar-refractivity contribution in [3.8, 4) is 5.75 Å². The molecule has 28 heavy (non-hydrogen) atoms. The van der Waals surface area contributed by atoms with Crippen molar-refractivity contribution in [2.75, 3.05) is 0 Å². The monoisotopic (exact) mass is 444 g/mol. The molecule has 3 rings (SSSR count). The van der Waals surface area contributed by atoms with Crippen molar-refractivity contribution in [1.29, 1.82) is 0 Å². The van der Waals surface area contributed by atoms with Crippen LogP contribution in [-0.2, 0) is 14.9 Å². The first kappa shape index (κ1) is 22.9. The first-order valence-electron chi connectivity index (χ1n) is 7.56. The van der Waals surface area contributed by atoms with E-state index in [1.165, 1.54) is 54.6 Å². The summed E-state index contributed by atoms with van der Waals surface area (Å²) >= 11 is 11.9. The summed E-state index contributed by atoms with van der Waals surface area (Å²) in [7, 11) is -4.78. The number of phenols is 1. The fourth-order valence-corrected chi connectivity index (χ4v) is 3.73. The second-order valence-corrected chi connectivity index (χ2v) is 7.80. The Morgan fingerprint density at radius 2 is 1.71 bits per heavy atom. The van der Waals surface area contributed by atoms with E-state index in [1.807, 2.05) is 0 Å². The van der Waals surface area contributed by atoms with Gasteiger partial charge in [0.25, 0.3) is 0 Å². The normalized spacial score (nSPS) is 15.7. The zero-order chi connectivity index (χ0) is 19.8. The molecule has 0 aromatic heterocycles. The summed E-state index contributed by atoms with van der Waals surface area (Å²) in [5.74, 6) is -0.550. The van der Waals surface area contributed by atoms with E-state index in [9.17, 15) is 22.9 Å². The van der Waals surface area contributed by atoms with E-state index in [-0.39, 0.29) is 50.9 Å². The molecule has 0 saturated carbocycles. The van der Waals surface area contributed by atoms with Crippen LogP contribution in [0.3, 0.4) is 0 Å². The number of allylic oxidation sites excluding steroid dienone is 5. The zero-order valence-electron chi connectivity index (χ0n) is 14.5. The van der Waals surface area contributed by atoms with E-state index in [4.69, 9.17) is 23.2 Å². The molecule has 1 N–H and O–H groups in total. The van der Waals surface area contributed by atoms with E-state index < -0.39 is 20.8 Å². The van der Waals surface area contributed by atoms with Gasteiger partial charge in [0.2, 0.25) is 0 Å². The van der Waals surface area contributed by atoms with Crippen molar-refractivity contribution < 1.29 is 52.4 Å². The van der Waals surface area contributed by atoms with Crippen molar-refractivity contribution in [3.05, 3.63) is 87.4 Å². The third-order valence-corrected chi connectivity index (χ3v) is 5.38. The number of phenolic OH excluding ortho intramolecular Hbond substituents is 1. The van der Waals surface area contributed by atoms with Gasteiger partial charge in [-0.05, 0) is 47.1 Å². The molecule has 0 fully saturated rings. The predicted octanol–water partition coefficient (Wildman–Crippen LogP) is 1.02. The minimum absolute atomic E-state index is 0. The summed E-state index contributed by atoms with van der Waals surface area (Å²) in [5, 5.41) is 9.66. The Labute approximate surface area is 194 Å². The molecule has 0 bridgehead atoms. The number of hydrogen-bond donors (Lipinski definition) is 1. The van der Waals surface area contributed by atoms with Crippen LogP contribution in [0.5, 0.6) is 5.75 Å². The Morgan fingerprint density at radius 3 is 2.32 bits per heavy atom. The molecule has 0 saturated heterocycles. The second kappa shape index (κ2) is 8.97. The molecule has 9 heteroatoms. The molecule has 1 aliphatic rings. The minimum Gasteiger partial charge on any atom is -0.744 e. The molecule has 138 valence electrons. The number of hydrogen-bond acceptors (Lipinski definition) is 5. The molecule has 0 spiro atoms. The van der Waals surface area contributed by atoms with Gasteiger partial charge in [-0.2, -0.15) is 0 Å². The first-order valence-corrected chi connectivity index (χ1v) is 9.73. The third-order valence-electron chi connectivity index (χ3n) is 3.88. The van der Waals surface area contributed by atoms with Crippen LogP contribution in [0.1, 0.15) is 11.1 Å². The molecule has 5 nitrogen and oxygen atoms in total. The number of aromatic hydroxyl groups is 1. The van der Waals surface area contributed by atoms with Crippen LogP contribution >= 0.6 is 23.2 Å². The first-order chi connectivity index (χ1) is 12.7. The van der Waals surface area contributed by atoms with Crippen LogP contribution < -0.4 is 29.6 Å². The molecule has 0 atom stereocenters. The molecule has 0 heterocycles. The number of carbonyl (C=O) groups is 1. The number of rotatable bonds is 3. The summed E-state index contributed by atoms with van der Waals surface area (Å²) in [5.41, 5.74) is 1.30. The predicted molar refractivity (Wildman–Crippen MR) is 102 cm³/mol. The van der Waals surface area contributed by atoms with Gasteiger partial charge in [-0.3, -0.25) is 4.79 Å². The number of benzene rings is 2. The van der Waals surface area contributed by atoms with E-state index in [2.05, 4.69) is 0 Å². The average Bonchev–Trinajstić information content (AvgIpc) is 2.61. The Balaban J connectivity index is 0.00000280. The fourth-order valence-electron chi connectivity index (χ4n) is 2.69. The summed E-state index contributed by atoms with van der Waals surface area (Å²) in [4.78, 5) is 11.2. The van der Waals surface area contributed by atoms with Crippen molar-refractivity contribution in [2.45, 2.75) is 4.90 Å². The van der Waals surface area contributed by atoms with Gasteiger partial charge in [0.05, 0.1) is 15.0 Å². The summed E-state index contributed by atoms with van der Waals surface area (Å²) in [6.07, 6.45) is 4.10. The standard InChI is InChI=1S/C19H12Cl2O5S.Na/c20-14-9-11(5-7-16(14)22)19(12-6-8-17(23)15(21)10-12)13-3-1-2-4-18(13)27(24,25)26;/h1-10,22H,(H,24,25,26);/q;+1/p-1/b19-12+;. The van der Waals surface area contributed by atoms with E-state index in [1.54, 1.807) is 6.07 Å². The zero-order valence-corrected chi connectivity index (χ0v) is 18.8. The molecule has 0 aliphatic heterocycles. The Morgan fingerprint density at radius 1 is 1.04 bits per heavy atom. The SMILES string of the molecule is O=C1C=C/C(=C(/c2ccc(O)c(Cl)c2)c2ccccc2S(=O)(=O)[O-])C=C1Cl.[Na+]. The molecule has 2 aromatic carbocycles. The van der Waals surface area contributed by atoms with Gasteiger partial charge < -0.3 is 9.66 Å². The smallest absolute Gasteiger partial charge is 0.744 e. The van der Waals surface area contributed by atoms with E-state index in [0.717, 1.165) is 0 Å². The second-order valence-electron chi connectivity index (χ2n) is 5.64.